The third kappa shape index (κ3) is 7.03. The smallest absolute Gasteiger partial charge is 0.291 e. The number of rotatable bonds is 7. The Morgan fingerprint density at radius 2 is 2.06 bits per heavy atom. The second-order valence-electron chi connectivity index (χ2n) is 2.45. The van der Waals surface area contributed by atoms with E-state index in [1.165, 1.54) is 6.08 Å². The molecule has 0 heterocycles. The third-order valence-electron chi connectivity index (χ3n) is 1.12. The standard InChI is InChI=1S/C7H9ClF3O4P/c1-3-4-14-16(8,12)15-13-5-6(2)7(9,10)11/h3H,1-2,4-5H2. The van der Waals surface area contributed by atoms with Gasteiger partial charge in [-0.2, -0.15) is 13.2 Å². The molecule has 0 fully saturated rings. The zero-order valence-electron chi connectivity index (χ0n) is 8.00. The molecule has 0 amide bonds. The van der Waals surface area contributed by atoms with E-state index < -0.39 is 25.3 Å². The zero-order valence-corrected chi connectivity index (χ0v) is 9.65. The van der Waals surface area contributed by atoms with Crippen molar-refractivity contribution in [2.24, 2.45) is 0 Å². The predicted octanol–water partition coefficient (Wildman–Crippen LogP) is 3.60. The van der Waals surface area contributed by atoms with E-state index in [2.05, 4.69) is 27.2 Å². The van der Waals surface area contributed by atoms with Crippen molar-refractivity contribution in [3.8, 4) is 0 Å². The summed E-state index contributed by atoms with van der Waals surface area (Å²) in [5.74, 6) is 0. The molecule has 9 heteroatoms. The summed E-state index contributed by atoms with van der Waals surface area (Å²) in [6.07, 6.45) is -3.38. The van der Waals surface area contributed by atoms with Crippen molar-refractivity contribution in [3.63, 3.8) is 0 Å². The van der Waals surface area contributed by atoms with Gasteiger partial charge >= 0.3 is 13.1 Å². The van der Waals surface area contributed by atoms with Gasteiger partial charge in [-0.05, 0) is 0 Å². The van der Waals surface area contributed by atoms with E-state index in [9.17, 15) is 17.7 Å². The number of hydrogen-bond acceptors (Lipinski definition) is 4. The Morgan fingerprint density at radius 1 is 1.50 bits per heavy atom. The molecule has 0 rings (SSSR count). The normalized spacial score (nSPS) is 15.5. The van der Waals surface area contributed by atoms with E-state index >= 15 is 0 Å². The quantitative estimate of drug-likeness (QED) is 0.309. The zero-order chi connectivity index (χ0) is 12.8. The summed E-state index contributed by atoms with van der Waals surface area (Å²) in [5.41, 5.74) is -1.20. The van der Waals surface area contributed by atoms with Gasteiger partial charge in [0.2, 0.25) is 0 Å². The molecule has 16 heavy (non-hydrogen) atoms. The third-order valence-corrected chi connectivity index (χ3v) is 2.33. The van der Waals surface area contributed by atoms with E-state index in [0.717, 1.165) is 0 Å². The number of alkyl halides is 3. The summed E-state index contributed by atoms with van der Waals surface area (Å²) in [6.45, 7) is 0.675. The lowest BCUT2D eigenvalue weighted by atomic mass is 10.3. The van der Waals surface area contributed by atoms with Crippen LogP contribution in [0.15, 0.2) is 24.8 Å². The number of halogens is 4. The lowest BCUT2D eigenvalue weighted by molar-refractivity contribution is -0.214. The van der Waals surface area contributed by atoms with Crippen LogP contribution in [-0.4, -0.2) is 19.4 Å². The van der Waals surface area contributed by atoms with Crippen LogP contribution in [-0.2, 0) is 18.7 Å². The Kier molecular flexibility index (Phi) is 6.28. The molecule has 0 aromatic heterocycles. The van der Waals surface area contributed by atoms with Gasteiger partial charge in [0.05, 0.1) is 12.2 Å². The van der Waals surface area contributed by atoms with E-state index in [1.807, 2.05) is 0 Å². The summed E-state index contributed by atoms with van der Waals surface area (Å²) in [7, 11) is 0. The molecule has 1 atom stereocenters. The lowest BCUT2D eigenvalue weighted by Gasteiger charge is -2.12. The monoisotopic (exact) mass is 280 g/mol. The van der Waals surface area contributed by atoms with Crippen molar-refractivity contribution in [1.29, 1.82) is 0 Å². The first kappa shape index (κ1) is 15.7. The Bertz CT molecular complexity index is 304. The fourth-order valence-electron chi connectivity index (χ4n) is 0.406. The fourth-order valence-corrected chi connectivity index (χ4v) is 1.20. The van der Waals surface area contributed by atoms with Crippen LogP contribution in [0.2, 0.25) is 0 Å². The SMILES string of the molecule is C=CCOP(=O)(Cl)OOCC(=C)C(F)(F)F. The van der Waals surface area contributed by atoms with Crippen LogP contribution in [0.25, 0.3) is 0 Å². The maximum absolute atomic E-state index is 11.9. The molecule has 0 aliphatic heterocycles. The van der Waals surface area contributed by atoms with Gasteiger partial charge in [-0.25, -0.2) is 9.45 Å². The van der Waals surface area contributed by atoms with Gasteiger partial charge in [-0.3, -0.25) is 4.52 Å². The molecule has 0 aromatic rings. The Hall–Kier alpha value is -0.330. The molecule has 0 saturated carbocycles. The first-order chi connectivity index (χ1) is 7.19. The highest BCUT2D eigenvalue weighted by Gasteiger charge is 2.33. The van der Waals surface area contributed by atoms with Crippen molar-refractivity contribution in [1.82, 2.24) is 0 Å². The van der Waals surface area contributed by atoms with Gasteiger partial charge in [0.25, 0.3) is 0 Å². The van der Waals surface area contributed by atoms with Crippen LogP contribution in [0.4, 0.5) is 13.2 Å². The van der Waals surface area contributed by atoms with E-state index in [1.54, 1.807) is 0 Å². The van der Waals surface area contributed by atoms with Gasteiger partial charge < -0.3 is 0 Å². The summed E-state index contributed by atoms with van der Waals surface area (Å²) in [5, 5.41) is 0. The van der Waals surface area contributed by atoms with Gasteiger partial charge in [-0.1, -0.05) is 12.7 Å². The van der Waals surface area contributed by atoms with Gasteiger partial charge in [0, 0.05) is 11.2 Å². The number of hydrogen-bond donors (Lipinski definition) is 0. The minimum Gasteiger partial charge on any atom is -0.291 e. The average Bonchev–Trinajstić information content (AvgIpc) is 2.13. The molecule has 0 radical (unpaired) electrons. The molecule has 0 aliphatic rings. The Balaban J connectivity index is 3.94. The minimum absolute atomic E-state index is 0.190. The topological polar surface area (TPSA) is 44.8 Å². The second-order valence-corrected chi connectivity index (χ2v) is 4.96. The minimum atomic E-state index is -4.61. The fraction of sp³-hybridized carbons (Fsp3) is 0.429. The Labute approximate surface area is 94.9 Å². The van der Waals surface area contributed by atoms with Crippen molar-refractivity contribution in [3.05, 3.63) is 24.8 Å². The average molecular weight is 281 g/mol. The molecular weight excluding hydrogens is 271 g/mol. The van der Waals surface area contributed by atoms with Gasteiger partial charge in [0.15, 0.2) is 0 Å². The molecule has 0 saturated heterocycles. The van der Waals surface area contributed by atoms with Gasteiger partial charge in [-0.15, -0.1) is 11.3 Å². The highest BCUT2D eigenvalue weighted by Crippen LogP contribution is 2.53. The maximum atomic E-state index is 11.9. The second kappa shape index (κ2) is 6.42. The highest BCUT2D eigenvalue weighted by atomic mass is 35.7. The van der Waals surface area contributed by atoms with Crippen LogP contribution >= 0.6 is 18.2 Å². The molecule has 0 spiro atoms. The van der Waals surface area contributed by atoms with Crippen molar-refractivity contribution >= 4 is 18.2 Å². The van der Waals surface area contributed by atoms with Crippen LogP contribution in [0.1, 0.15) is 0 Å². The van der Waals surface area contributed by atoms with E-state index in [0.29, 0.717) is 0 Å². The van der Waals surface area contributed by atoms with E-state index in [-0.39, 0.29) is 6.61 Å². The summed E-state index contributed by atoms with van der Waals surface area (Å²) >= 11 is 5.14. The first-order valence-corrected chi connectivity index (χ1v) is 6.25. The van der Waals surface area contributed by atoms with Crippen LogP contribution < -0.4 is 0 Å². The molecule has 0 N–H and O–H groups in total. The summed E-state index contributed by atoms with van der Waals surface area (Å²) < 4.78 is 55.1. The molecule has 1 unspecified atom stereocenters. The molecule has 94 valence electrons. The van der Waals surface area contributed by atoms with E-state index in [4.69, 9.17) is 11.2 Å². The van der Waals surface area contributed by atoms with Crippen molar-refractivity contribution in [2.45, 2.75) is 6.18 Å². The molecule has 0 bridgehead atoms. The van der Waals surface area contributed by atoms with Gasteiger partial charge in [0.1, 0.15) is 6.61 Å². The van der Waals surface area contributed by atoms with Crippen molar-refractivity contribution < 1.29 is 31.8 Å². The molecular formula is C7H9ClF3O4P. The lowest BCUT2D eigenvalue weighted by Crippen LogP contribution is -2.15. The summed E-state index contributed by atoms with van der Waals surface area (Å²) in [6, 6.07) is 0. The largest absolute Gasteiger partial charge is 0.451 e. The predicted molar refractivity (Wildman–Crippen MR) is 51.8 cm³/mol. The maximum Gasteiger partial charge on any atom is 0.451 e. The molecule has 0 aliphatic carbocycles. The Morgan fingerprint density at radius 3 is 2.50 bits per heavy atom. The first-order valence-electron chi connectivity index (χ1n) is 3.80. The van der Waals surface area contributed by atoms with Crippen molar-refractivity contribution in [2.75, 3.05) is 13.2 Å². The highest BCUT2D eigenvalue weighted by molar-refractivity contribution is 7.81. The molecule has 4 nitrogen and oxygen atoms in total. The van der Waals surface area contributed by atoms with Crippen LogP contribution in [0.3, 0.4) is 0 Å². The van der Waals surface area contributed by atoms with Crippen LogP contribution in [0, 0.1) is 0 Å². The summed E-state index contributed by atoms with van der Waals surface area (Å²) in [4.78, 5) is 4.01. The van der Waals surface area contributed by atoms with Crippen LogP contribution in [0.5, 0.6) is 0 Å². The molecule has 0 aromatic carbocycles.